The van der Waals surface area contributed by atoms with Gasteiger partial charge in [-0.05, 0) is 33.3 Å². The first kappa shape index (κ1) is 14.7. The van der Waals surface area contributed by atoms with Gasteiger partial charge in [-0.2, -0.15) is 0 Å². The first-order valence-corrected chi connectivity index (χ1v) is 6.51. The fraction of sp³-hybridized carbons (Fsp3) is 0.533. The SMILES string of the molecule is CCOC(=O)CC(C)N[C@H](C)c1cccc(C)c1. The molecule has 0 saturated carbocycles. The summed E-state index contributed by atoms with van der Waals surface area (Å²) in [5, 5.41) is 3.41. The smallest absolute Gasteiger partial charge is 0.307 e. The minimum absolute atomic E-state index is 0.111. The van der Waals surface area contributed by atoms with E-state index < -0.39 is 0 Å². The Balaban J connectivity index is 2.49. The summed E-state index contributed by atoms with van der Waals surface area (Å²) >= 11 is 0. The Morgan fingerprint density at radius 2 is 2.11 bits per heavy atom. The summed E-state index contributed by atoms with van der Waals surface area (Å²) in [4.78, 5) is 11.4. The maximum absolute atomic E-state index is 11.4. The molecule has 100 valence electrons. The summed E-state index contributed by atoms with van der Waals surface area (Å²) in [6, 6.07) is 8.74. The van der Waals surface area contributed by atoms with Crippen molar-refractivity contribution in [3.8, 4) is 0 Å². The first-order valence-electron chi connectivity index (χ1n) is 6.51. The average molecular weight is 249 g/mol. The van der Waals surface area contributed by atoms with E-state index in [2.05, 4.69) is 43.4 Å². The van der Waals surface area contributed by atoms with Crippen molar-refractivity contribution >= 4 is 5.97 Å². The molecule has 0 aromatic heterocycles. The van der Waals surface area contributed by atoms with Crippen LogP contribution >= 0.6 is 0 Å². The van der Waals surface area contributed by atoms with E-state index >= 15 is 0 Å². The van der Waals surface area contributed by atoms with Crippen LogP contribution in [-0.4, -0.2) is 18.6 Å². The molecule has 3 heteroatoms. The molecule has 1 rings (SSSR count). The van der Waals surface area contributed by atoms with Gasteiger partial charge < -0.3 is 10.1 Å². The molecule has 0 fully saturated rings. The van der Waals surface area contributed by atoms with Gasteiger partial charge >= 0.3 is 5.97 Å². The van der Waals surface area contributed by atoms with Crippen molar-refractivity contribution < 1.29 is 9.53 Å². The molecule has 0 aliphatic rings. The van der Waals surface area contributed by atoms with E-state index in [1.54, 1.807) is 0 Å². The third-order valence-corrected chi connectivity index (χ3v) is 2.85. The molecular formula is C15H23NO2. The van der Waals surface area contributed by atoms with Crippen LogP contribution in [0.25, 0.3) is 0 Å². The van der Waals surface area contributed by atoms with Crippen LogP contribution < -0.4 is 5.32 Å². The third kappa shape index (κ3) is 4.88. The summed E-state index contributed by atoms with van der Waals surface area (Å²) in [7, 11) is 0. The van der Waals surface area contributed by atoms with E-state index in [9.17, 15) is 4.79 Å². The number of carbonyl (C=O) groups is 1. The number of carbonyl (C=O) groups excluding carboxylic acids is 1. The zero-order chi connectivity index (χ0) is 13.5. The van der Waals surface area contributed by atoms with Crippen molar-refractivity contribution in [3.63, 3.8) is 0 Å². The Morgan fingerprint density at radius 3 is 2.72 bits per heavy atom. The van der Waals surface area contributed by atoms with Crippen LogP contribution in [0, 0.1) is 6.92 Å². The van der Waals surface area contributed by atoms with Crippen molar-refractivity contribution in [2.75, 3.05) is 6.61 Å². The molecule has 0 aliphatic heterocycles. The molecule has 0 spiro atoms. The van der Waals surface area contributed by atoms with E-state index in [0.29, 0.717) is 13.0 Å². The highest BCUT2D eigenvalue weighted by Gasteiger charge is 2.13. The average Bonchev–Trinajstić information content (AvgIpc) is 2.28. The van der Waals surface area contributed by atoms with Crippen LogP contribution in [-0.2, 0) is 9.53 Å². The molecule has 18 heavy (non-hydrogen) atoms. The van der Waals surface area contributed by atoms with Crippen molar-refractivity contribution in [2.45, 2.75) is 46.2 Å². The predicted molar refractivity (Wildman–Crippen MR) is 73.4 cm³/mol. The van der Waals surface area contributed by atoms with Crippen molar-refractivity contribution in [1.82, 2.24) is 5.32 Å². The number of hydrogen-bond acceptors (Lipinski definition) is 3. The number of aryl methyl sites for hydroxylation is 1. The molecular weight excluding hydrogens is 226 g/mol. The van der Waals surface area contributed by atoms with Crippen LogP contribution in [0.15, 0.2) is 24.3 Å². The van der Waals surface area contributed by atoms with Gasteiger partial charge in [-0.3, -0.25) is 4.79 Å². The number of esters is 1. The summed E-state index contributed by atoms with van der Waals surface area (Å²) in [6.45, 7) is 8.46. The fourth-order valence-corrected chi connectivity index (χ4v) is 1.99. The molecule has 1 unspecified atom stereocenters. The van der Waals surface area contributed by atoms with Crippen LogP contribution in [0.3, 0.4) is 0 Å². The molecule has 2 atom stereocenters. The second-order valence-corrected chi connectivity index (χ2v) is 4.71. The summed E-state index contributed by atoms with van der Waals surface area (Å²) < 4.78 is 4.94. The Hall–Kier alpha value is -1.35. The van der Waals surface area contributed by atoms with Gasteiger partial charge in [-0.25, -0.2) is 0 Å². The van der Waals surface area contributed by atoms with Gasteiger partial charge in [-0.1, -0.05) is 29.8 Å². The number of nitrogens with one attached hydrogen (secondary N) is 1. The molecule has 1 N–H and O–H groups in total. The molecule has 1 aromatic carbocycles. The third-order valence-electron chi connectivity index (χ3n) is 2.85. The fourth-order valence-electron chi connectivity index (χ4n) is 1.99. The van der Waals surface area contributed by atoms with Crippen molar-refractivity contribution in [3.05, 3.63) is 35.4 Å². The van der Waals surface area contributed by atoms with Gasteiger partial charge in [0.25, 0.3) is 0 Å². The Morgan fingerprint density at radius 1 is 1.39 bits per heavy atom. The summed E-state index contributed by atoms with van der Waals surface area (Å²) in [6.07, 6.45) is 0.407. The van der Waals surface area contributed by atoms with E-state index in [1.807, 2.05) is 13.8 Å². The van der Waals surface area contributed by atoms with E-state index in [1.165, 1.54) is 11.1 Å². The van der Waals surface area contributed by atoms with Crippen molar-refractivity contribution in [2.24, 2.45) is 0 Å². The maximum Gasteiger partial charge on any atom is 0.307 e. The van der Waals surface area contributed by atoms with Gasteiger partial charge in [0, 0.05) is 12.1 Å². The molecule has 0 aliphatic carbocycles. The van der Waals surface area contributed by atoms with E-state index in [0.717, 1.165) is 0 Å². The quantitative estimate of drug-likeness (QED) is 0.788. The highest BCUT2D eigenvalue weighted by Crippen LogP contribution is 2.15. The molecule has 1 aromatic rings. The number of ether oxygens (including phenoxy) is 1. The molecule has 0 radical (unpaired) electrons. The van der Waals surface area contributed by atoms with Gasteiger partial charge in [0.05, 0.1) is 13.0 Å². The standard InChI is InChI=1S/C15H23NO2/c1-5-18-15(17)10-12(3)16-13(4)14-8-6-7-11(2)9-14/h6-9,12-13,16H,5,10H2,1-4H3/t12?,13-/m1/s1. The number of benzene rings is 1. The first-order chi connectivity index (χ1) is 8.52. The molecule has 0 bridgehead atoms. The van der Waals surface area contributed by atoms with Gasteiger partial charge in [0.2, 0.25) is 0 Å². The molecule has 0 amide bonds. The molecule has 0 heterocycles. The monoisotopic (exact) mass is 249 g/mol. The minimum atomic E-state index is -0.144. The minimum Gasteiger partial charge on any atom is -0.466 e. The lowest BCUT2D eigenvalue weighted by Crippen LogP contribution is -2.31. The summed E-state index contributed by atoms with van der Waals surface area (Å²) in [5.74, 6) is -0.144. The second kappa shape index (κ2) is 7.17. The zero-order valence-corrected chi connectivity index (χ0v) is 11.7. The van der Waals surface area contributed by atoms with Crippen molar-refractivity contribution in [1.29, 1.82) is 0 Å². The van der Waals surface area contributed by atoms with E-state index in [4.69, 9.17) is 4.74 Å². The summed E-state index contributed by atoms with van der Waals surface area (Å²) in [5.41, 5.74) is 2.49. The number of rotatable bonds is 6. The van der Waals surface area contributed by atoms with Crippen LogP contribution in [0.4, 0.5) is 0 Å². The zero-order valence-electron chi connectivity index (χ0n) is 11.7. The maximum atomic E-state index is 11.4. The lowest BCUT2D eigenvalue weighted by molar-refractivity contribution is -0.143. The second-order valence-electron chi connectivity index (χ2n) is 4.71. The predicted octanol–water partition coefficient (Wildman–Crippen LogP) is 2.99. The Bertz CT molecular complexity index is 390. The number of hydrogen-bond donors (Lipinski definition) is 1. The largest absolute Gasteiger partial charge is 0.466 e. The highest BCUT2D eigenvalue weighted by atomic mass is 16.5. The van der Waals surface area contributed by atoms with E-state index in [-0.39, 0.29) is 18.1 Å². The van der Waals surface area contributed by atoms with Crippen LogP contribution in [0.2, 0.25) is 0 Å². The van der Waals surface area contributed by atoms with Gasteiger partial charge in [-0.15, -0.1) is 0 Å². The lowest BCUT2D eigenvalue weighted by Gasteiger charge is -2.20. The molecule has 3 nitrogen and oxygen atoms in total. The van der Waals surface area contributed by atoms with Gasteiger partial charge in [0.1, 0.15) is 0 Å². The van der Waals surface area contributed by atoms with Crippen LogP contribution in [0.5, 0.6) is 0 Å². The Labute approximate surface area is 110 Å². The normalized spacial score (nSPS) is 14.0. The van der Waals surface area contributed by atoms with Crippen LogP contribution in [0.1, 0.15) is 44.4 Å². The molecule has 0 saturated heterocycles. The van der Waals surface area contributed by atoms with Gasteiger partial charge in [0.15, 0.2) is 0 Å². The lowest BCUT2D eigenvalue weighted by atomic mass is 10.0. The Kier molecular flexibility index (Phi) is 5.86. The highest BCUT2D eigenvalue weighted by molar-refractivity contribution is 5.70. The topological polar surface area (TPSA) is 38.3 Å².